The minimum atomic E-state index is 0.253. The quantitative estimate of drug-likeness (QED) is 0.769. The van der Waals surface area contributed by atoms with E-state index in [9.17, 15) is 5.11 Å². The molecule has 1 saturated heterocycles. The average Bonchev–Trinajstić information content (AvgIpc) is 3.09. The number of nitrogens with two attached hydrogens (primary N) is 1. The van der Waals surface area contributed by atoms with Crippen LogP contribution in [0.2, 0.25) is 0 Å². The highest BCUT2D eigenvalue weighted by atomic mass is 16.5. The van der Waals surface area contributed by atoms with E-state index in [1.165, 1.54) is 12.7 Å². The van der Waals surface area contributed by atoms with Crippen molar-refractivity contribution >= 4 is 11.3 Å². The van der Waals surface area contributed by atoms with Gasteiger partial charge in [0.15, 0.2) is 5.82 Å². The van der Waals surface area contributed by atoms with E-state index in [-0.39, 0.29) is 6.61 Å². The molecule has 1 aliphatic heterocycles. The second kappa shape index (κ2) is 6.50. The largest absolute Gasteiger partial charge is 0.492 e. The lowest BCUT2D eigenvalue weighted by atomic mass is 10.2. The van der Waals surface area contributed by atoms with Crippen molar-refractivity contribution in [3.63, 3.8) is 0 Å². The van der Waals surface area contributed by atoms with Crippen LogP contribution in [0.25, 0.3) is 5.52 Å². The number of anilines is 1. The number of aromatic nitrogens is 3. The van der Waals surface area contributed by atoms with Crippen LogP contribution in [0.5, 0.6) is 5.75 Å². The van der Waals surface area contributed by atoms with Crippen molar-refractivity contribution in [3.05, 3.63) is 18.1 Å². The van der Waals surface area contributed by atoms with Crippen LogP contribution in [0.1, 0.15) is 24.8 Å². The number of fused-ring (bicyclic) bond motifs is 1. The Labute approximate surface area is 129 Å². The van der Waals surface area contributed by atoms with E-state index in [0.717, 1.165) is 42.8 Å². The maximum Gasteiger partial charge on any atom is 0.151 e. The third-order valence-electron chi connectivity index (χ3n) is 4.37. The number of rotatable bonds is 6. The van der Waals surface area contributed by atoms with Gasteiger partial charge in [0.05, 0.1) is 19.4 Å². The summed E-state index contributed by atoms with van der Waals surface area (Å²) in [6.45, 7) is 4.89. The number of aryl methyl sites for hydroxylation is 1. The van der Waals surface area contributed by atoms with Crippen LogP contribution in [0.4, 0.5) is 5.82 Å². The van der Waals surface area contributed by atoms with Gasteiger partial charge in [0.1, 0.15) is 17.6 Å². The van der Waals surface area contributed by atoms with Crippen molar-refractivity contribution in [2.24, 2.45) is 0 Å². The molecule has 2 aromatic heterocycles. The smallest absolute Gasteiger partial charge is 0.151 e. The van der Waals surface area contributed by atoms with Gasteiger partial charge in [-0.3, -0.25) is 4.90 Å². The van der Waals surface area contributed by atoms with Gasteiger partial charge in [-0.25, -0.2) is 9.50 Å². The molecule has 1 fully saturated rings. The molecule has 2 aromatic rings. The van der Waals surface area contributed by atoms with Crippen molar-refractivity contribution in [1.82, 2.24) is 19.5 Å². The van der Waals surface area contributed by atoms with Crippen molar-refractivity contribution in [3.8, 4) is 5.75 Å². The van der Waals surface area contributed by atoms with E-state index < -0.39 is 0 Å². The normalized spacial score (nSPS) is 19.1. The summed E-state index contributed by atoms with van der Waals surface area (Å²) >= 11 is 0. The maximum absolute atomic E-state index is 9.31. The molecule has 3 rings (SSSR count). The first-order valence-electron chi connectivity index (χ1n) is 7.77. The fourth-order valence-electron chi connectivity index (χ4n) is 3.16. The molecule has 1 aliphatic rings. The minimum Gasteiger partial charge on any atom is -0.492 e. The predicted octanol–water partition coefficient (Wildman–Crippen LogP) is 0.846. The monoisotopic (exact) mass is 305 g/mol. The average molecular weight is 305 g/mol. The van der Waals surface area contributed by atoms with Crippen molar-refractivity contribution in [2.45, 2.75) is 32.2 Å². The number of likely N-dealkylation sites (tertiary alicyclic amines) is 1. The van der Waals surface area contributed by atoms with Gasteiger partial charge in [-0.05, 0) is 32.7 Å². The van der Waals surface area contributed by atoms with Crippen LogP contribution in [-0.4, -0.2) is 56.9 Å². The summed E-state index contributed by atoms with van der Waals surface area (Å²) in [4.78, 5) is 6.35. The number of hydrogen-bond acceptors (Lipinski definition) is 6. The highest BCUT2D eigenvalue weighted by molar-refractivity contribution is 5.72. The van der Waals surface area contributed by atoms with Gasteiger partial charge in [-0.1, -0.05) is 0 Å². The molecule has 7 heteroatoms. The second-order valence-corrected chi connectivity index (χ2v) is 5.77. The molecule has 0 bridgehead atoms. The number of aliphatic hydroxyl groups excluding tert-OH is 1. The fourth-order valence-corrected chi connectivity index (χ4v) is 3.16. The number of aliphatic hydroxyl groups is 1. The van der Waals surface area contributed by atoms with Gasteiger partial charge in [0.2, 0.25) is 0 Å². The molecule has 7 nitrogen and oxygen atoms in total. The Balaban J connectivity index is 1.56. The van der Waals surface area contributed by atoms with Crippen LogP contribution in [-0.2, 0) is 0 Å². The molecular formula is C15H23N5O2. The lowest BCUT2D eigenvalue weighted by Crippen LogP contribution is -2.33. The molecule has 120 valence electrons. The number of ether oxygens (including phenoxy) is 1. The van der Waals surface area contributed by atoms with Gasteiger partial charge in [-0.15, -0.1) is 0 Å². The molecule has 0 radical (unpaired) electrons. The zero-order chi connectivity index (χ0) is 15.5. The summed E-state index contributed by atoms with van der Waals surface area (Å²) in [5.74, 6) is 1.26. The third-order valence-corrected chi connectivity index (χ3v) is 4.37. The highest BCUT2D eigenvalue weighted by Gasteiger charge is 2.22. The van der Waals surface area contributed by atoms with Crippen molar-refractivity contribution in [1.29, 1.82) is 0 Å². The first-order chi connectivity index (χ1) is 10.7. The molecular weight excluding hydrogens is 282 g/mol. The first-order valence-corrected chi connectivity index (χ1v) is 7.77. The predicted molar refractivity (Wildman–Crippen MR) is 83.9 cm³/mol. The summed E-state index contributed by atoms with van der Waals surface area (Å²) in [5, 5.41) is 13.5. The molecule has 1 atom stereocenters. The molecule has 0 unspecified atom stereocenters. The molecule has 0 amide bonds. The standard InChI is InChI=1S/C15H23N5O2/c1-11-13(8-20-14(11)15(16)17-10-18-20)22-7-3-6-19-5-2-4-12(19)9-21/h8,10,12,21H,2-7,9H2,1H3,(H2,16,17,18)/t12-/m0/s1. The fraction of sp³-hybridized carbons (Fsp3) is 0.600. The van der Waals surface area contributed by atoms with E-state index in [2.05, 4.69) is 15.0 Å². The Hall–Kier alpha value is -1.86. The Kier molecular flexibility index (Phi) is 4.44. The van der Waals surface area contributed by atoms with E-state index in [4.69, 9.17) is 10.5 Å². The third kappa shape index (κ3) is 2.86. The Morgan fingerprint density at radius 2 is 2.36 bits per heavy atom. The van der Waals surface area contributed by atoms with Crippen LogP contribution >= 0.6 is 0 Å². The summed E-state index contributed by atoms with van der Waals surface area (Å²) < 4.78 is 7.58. The van der Waals surface area contributed by atoms with E-state index >= 15 is 0 Å². The Morgan fingerprint density at radius 3 is 3.14 bits per heavy atom. The van der Waals surface area contributed by atoms with E-state index in [1.807, 2.05) is 13.1 Å². The molecule has 0 saturated carbocycles. The minimum absolute atomic E-state index is 0.253. The second-order valence-electron chi connectivity index (χ2n) is 5.77. The number of nitrogens with zero attached hydrogens (tertiary/aromatic N) is 4. The number of hydrogen-bond donors (Lipinski definition) is 2. The Bertz CT molecular complexity index is 642. The van der Waals surface area contributed by atoms with Crippen molar-refractivity contribution in [2.75, 3.05) is 32.0 Å². The van der Waals surface area contributed by atoms with Gasteiger partial charge in [0, 0.05) is 18.2 Å². The zero-order valence-electron chi connectivity index (χ0n) is 12.9. The van der Waals surface area contributed by atoms with Crippen molar-refractivity contribution < 1.29 is 9.84 Å². The molecule has 0 aliphatic carbocycles. The summed E-state index contributed by atoms with van der Waals surface area (Å²) in [7, 11) is 0. The SMILES string of the molecule is Cc1c(OCCCN2CCC[C@H]2CO)cn2ncnc(N)c12. The van der Waals surface area contributed by atoms with E-state index in [1.54, 1.807) is 4.52 Å². The first kappa shape index (κ1) is 15.1. The summed E-state index contributed by atoms with van der Waals surface area (Å²) in [6, 6.07) is 0.328. The lowest BCUT2D eigenvalue weighted by molar-refractivity contribution is 0.150. The van der Waals surface area contributed by atoms with Crippen LogP contribution in [0, 0.1) is 6.92 Å². The molecule has 22 heavy (non-hydrogen) atoms. The van der Waals surface area contributed by atoms with E-state index in [0.29, 0.717) is 18.5 Å². The zero-order valence-corrected chi connectivity index (χ0v) is 12.9. The Morgan fingerprint density at radius 1 is 1.50 bits per heavy atom. The van der Waals surface area contributed by atoms with Gasteiger partial charge in [-0.2, -0.15) is 5.10 Å². The summed E-state index contributed by atoms with van der Waals surface area (Å²) in [5.41, 5.74) is 7.65. The van der Waals surface area contributed by atoms with Crippen LogP contribution in [0.3, 0.4) is 0 Å². The van der Waals surface area contributed by atoms with Gasteiger partial charge < -0.3 is 15.6 Å². The molecule has 0 spiro atoms. The maximum atomic E-state index is 9.31. The van der Waals surface area contributed by atoms with Gasteiger partial charge >= 0.3 is 0 Å². The lowest BCUT2D eigenvalue weighted by Gasteiger charge is -2.22. The molecule has 3 N–H and O–H groups in total. The van der Waals surface area contributed by atoms with Crippen LogP contribution in [0.15, 0.2) is 12.5 Å². The topological polar surface area (TPSA) is 88.9 Å². The van der Waals surface area contributed by atoms with Gasteiger partial charge in [0.25, 0.3) is 0 Å². The molecule has 0 aromatic carbocycles. The molecule has 3 heterocycles. The number of nitrogen functional groups attached to an aromatic ring is 1. The van der Waals surface area contributed by atoms with Crippen LogP contribution < -0.4 is 10.5 Å². The highest BCUT2D eigenvalue weighted by Crippen LogP contribution is 2.26. The summed E-state index contributed by atoms with van der Waals surface area (Å²) in [6.07, 6.45) is 6.49.